The molecule has 0 amide bonds. The van der Waals surface area contributed by atoms with Crippen LogP contribution in [0.5, 0.6) is 0 Å². The normalized spacial score (nSPS) is 15.5. The van der Waals surface area contributed by atoms with E-state index in [-0.39, 0.29) is 0 Å². The zero-order valence-corrected chi connectivity index (χ0v) is 15.2. The van der Waals surface area contributed by atoms with Crippen molar-refractivity contribution in [3.05, 3.63) is 40.1 Å². The van der Waals surface area contributed by atoms with Crippen LogP contribution in [0.3, 0.4) is 0 Å². The summed E-state index contributed by atoms with van der Waals surface area (Å²) < 4.78 is 0. The lowest BCUT2D eigenvalue weighted by Gasteiger charge is -2.21. The van der Waals surface area contributed by atoms with Crippen LogP contribution in [-0.4, -0.2) is 36.1 Å². The summed E-state index contributed by atoms with van der Waals surface area (Å²) in [6.45, 7) is 5.99. The lowest BCUT2D eigenvalue weighted by molar-refractivity contribution is 0.724. The zero-order valence-electron chi connectivity index (χ0n) is 12.9. The number of anilines is 1. The van der Waals surface area contributed by atoms with Crippen molar-refractivity contribution in [2.45, 2.75) is 23.3 Å². The Kier molecular flexibility index (Phi) is 5.64. The highest BCUT2D eigenvalue weighted by molar-refractivity contribution is 7.99. The number of halogens is 2. The minimum Gasteiger partial charge on any atom is -0.354 e. The van der Waals surface area contributed by atoms with Crippen LogP contribution >= 0.6 is 35.0 Å². The highest BCUT2D eigenvalue weighted by Gasteiger charge is 2.14. The van der Waals surface area contributed by atoms with E-state index in [4.69, 9.17) is 28.2 Å². The summed E-state index contributed by atoms with van der Waals surface area (Å²) in [5.41, 5.74) is 0.903. The van der Waals surface area contributed by atoms with Crippen molar-refractivity contribution < 1.29 is 0 Å². The van der Waals surface area contributed by atoms with E-state index in [1.165, 1.54) is 11.8 Å². The average Bonchev–Trinajstić information content (AvgIpc) is 2.83. The molecule has 1 fully saturated rings. The van der Waals surface area contributed by atoms with Crippen LogP contribution in [-0.2, 0) is 0 Å². The molecule has 0 bridgehead atoms. The first kappa shape index (κ1) is 16.8. The fourth-order valence-electron chi connectivity index (χ4n) is 2.45. The molecule has 0 atom stereocenters. The van der Waals surface area contributed by atoms with Crippen molar-refractivity contribution in [2.24, 2.45) is 0 Å². The highest BCUT2D eigenvalue weighted by atomic mass is 35.5. The predicted molar refractivity (Wildman–Crippen MR) is 97.1 cm³/mol. The molecule has 2 heterocycles. The Morgan fingerprint density at radius 3 is 2.91 bits per heavy atom. The maximum atomic E-state index is 6.25. The van der Waals surface area contributed by atoms with Crippen molar-refractivity contribution in [3.8, 4) is 0 Å². The number of hydrogen-bond donors (Lipinski definition) is 1. The Bertz CT molecular complexity index is 688. The van der Waals surface area contributed by atoms with E-state index in [1.807, 2.05) is 25.3 Å². The van der Waals surface area contributed by atoms with Gasteiger partial charge in [-0.3, -0.25) is 0 Å². The number of hydrogen-bond acceptors (Lipinski definition) is 5. The van der Waals surface area contributed by atoms with Gasteiger partial charge in [-0.05, 0) is 32.0 Å². The lowest BCUT2D eigenvalue weighted by Crippen LogP contribution is -2.28. The topological polar surface area (TPSA) is 41.1 Å². The molecule has 0 radical (unpaired) electrons. The monoisotopic (exact) mass is 368 g/mol. The fraction of sp³-hybridized carbons (Fsp3) is 0.375. The highest BCUT2D eigenvalue weighted by Crippen LogP contribution is 2.37. The van der Waals surface area contributed by atoms with E-state index in [1.54, 1.807) is 6.07 Å². The molecular formula is C16H18Cl2N4S. The van der Waals surface area contributed by atoms with Gasteiger partial charge in [0.2, 0.25) is 0 Å². The van der Waals surface area contributed by atoms with Gasteiger partial charge in [0.25, 0.3) is 0 Å². The van der Waals surface area contributed by atoms with Gasteiger partial charge in [-0.25, -0.2) is 9.97 Å². The van der Waals surface area contributed by atoms with Gasteiger partial charge in [-0.2, -0.15) is 0 Å². The van der Waals surface area contributed by atoms with Gasteiger partial charge in [0, 0.05) is 24.5 Å². The summed E-state index contributed by atoms with van der Waals surface area (Å²) in [7, 11) is 0. The molecule has 0 spiro atoms. The van der Waals surface area contributed by atoms with Gasteiger partial charge < -0.3 is 10.2 Å². The third kappa shape index (κ3) is 4.10. The fourth-order valence-corrected chi connectivity index (χ4v) is 3.78. The minimum absolute atomic E-state index is 0.552. The number of aromatic nitrogens is 2. The molecule has 7 heteroatoms. The quantitative estimate of drug-likeness (QED) is 0.884. The van der Waals surface area contributed by atoms with Crippen molar-refractivity contribution in [1.82, 2.24) is 15.3 Å². The molecule has 1 aromatic carbocycles. The maximum absolute atomic E-state index is 6.25. The zero-order chi connectivity index (χ0) is 16.2. The van der Waals surface area contributed by atoms with E-state index >= 15 is 0 Å². The Balaban J connectivity index is 1.80. The molecule has 0 unspecified atom stereocenters. The molecule has 1 aliphatic rings. The second-order valence-electron chi connectivity index (χ2n) is 5.36. The van der Waals surface area contributed by atoms with Crippen molar-refractivity contribution in [3.63, 3.8) is 0 Å². The molecule has 4 nitrogen and oxygen atoms in total. The van der Waals surface area contributed by atoms with E-state index in [0.717, 1.165) is 54.0 Å². The first-order valence-corrected chi connectivity index (χ1v) is 9.13. The smallest absolute Gasteiger partial charge is 0.147 e. The van der Waals surface area contributed by atoms with Crippen LogP contribution in [0.25, 0.3) is 0 Å². The number of aryl methyl sites for hydroxylation is 1. The standard InChI is InChI=1S/C16H18Cl2N4S/c1-11-16(23-13-5-2-4-12(17)15(13)18)20-10-14(21-11)22-8-3-6-19-7-9-22/h2,4-5,10,19H,3,6-9H2,1H3. The van der Waals surface area contributed by atoms with Crippen molar-refractivity contribution in [1.29, 1.82) is 0 Å². The minimum atomic E-state index is 0.552. The molecule has 2 aromatic rings. The van der Waals surface area contributed by atoms with Crippen molar-refractivity contribution in [2.75, 3.05) is 31.1 Å². The molecule has 1 saturated heterocycles. The first-order valence-electron chi connectivity index (χ1n) is 7.56. The number of benzene rings is 1. The molecular weight excluding hydrogens is 351 g/mol. The van der Waals surface area contributed by atoms with Gasteiger partial charge >= 0.3 is 0 Å². The number of nitrogens with one attached hydrogen (secondary N) is 1. The second kappa shape index (κ2) is 7.71. The summed E-state index contributed by atoms with van der Waals surface area (Å²) in [5, 5.41) is 5.36. The summed E-state index contributed by atoms with van der Waals surface area (Å²) in [6.07, 6.45) is 2.97. The van der Waals surface area contributed by atoms with Gasteiger partial charge in [0.05, 0.1) is 21.9 Å². The molecule has 0 saturated carbocycles. The first-order chi connectivity index (χ1) is 11.1. The summed E-state index contributed by atoms with van der Waals surface area (Å²) >= 11 is 13.8. The Morgan fingerprint density at radius 1 is 1.22 bits per heavy atom. The van der Waals surface area contributed by atoms with Crippen LogP contribution in [0.1, 0.15) is 12.1 Å². The van der Waals surface area contributed by atoms with Crippen LogP contribution in [0.4, 0.5) is 5.82 Å². The SMILES string of the molecule is Cc1nc(N2CCCNCC2)cnc1Sc1cccc(Cl)c1Cl. The molecule has 1 N–H and O–H groups in total. The number of nitrogens with zero attached hydrogens (tertiary/aromatic N) is 3. The summed E-state index contributed by atoms with van der Waals surface area (Å²) in [4.78, 5) is 12.5. The summed E-state index contributed by atoms with van der Waals surface area (Å²) in [5.74, 6) is 0.938. The van der Waals surface area contributed by atoms with Gasteiger partial charge in [-0.15, -0.1) is 0 Å². The molecule has 1 aromatic heterocycles. The van der Waals surface area contributed by atoms with E-state index in [2.05, 4.69) is 15.2 Å². The van der Waals surface area contributed by atoms with E-state index < -0.39 is 0 Å². The van der Waals surface area contributed by atoms with Crippen molar-refractivity contribution >= 4 is 40.8 Å². The second-order valence-corrected chi connectivity index (χ2v) is 7.18. The maximum Gasteiger partial charge on any atom is 0.147 e. The molecule has 122 valence electrons. The van der Waals surface area contributed by atoms with Gasteiger partial charge in [0.15, 0.2) is 0 Å². The van der Waals surface area contributed by atoms with Crippen LogP contribution in [0, 0.1) is 6.92 Å². The summed E-state index contributed by atoms with van der Waals surface area (Å²) in [6, 6.07) is 5.61. The van der Waals surface area contributed by atoms with Crippen LogP contribution in [0.2, 0.25) is 10.0 Å². The Labute approximate surface area is 150 Å². The van der Waals surface area contributed by atoms with Crippen LogP contribution < -0.4 is 10.2 Å². The molecule has 1 aliphatic heterocycles. The number of rotatable bonds is 3. The lowest BCUT2D eigenvalue weighted by atomic mass is 10.4. The van der Waals surface area contributed by atoms with Gasteiger partial charge in [-0.1, -0.05) is 41.0 Å². The molecule has 23 heavy (non-hydrogen) atoms. The van der Waals surface area contributed by atoms with Gasteiger partial charge in [0.1, 0.15) is 10.8 Å². The molecule has 0 aliphatic carbocycles. The largest absolute Gasteiger partial charge is 0.354 e. The average molecular weight is 369 g/mol. The Hall–Kier alpha value is -1.01. The van der Waals surface area contributed by atoms with E-state index in [0.29, 0.717) is 10.0 Å². The Morgan fingerprint density at radius 2 is 2.09 bits per heavy atom. The van der Waals surface area contributed by atoms with E-state index in [9.17, 15) is 0 Å². The molecule has 3 rings (SSSR count). The third-order valence-electron chi connectivity index (χ3n) is 3.68. The third-order valence-corrected chi connectivity index (χ3v) is 5.76. The predicted octanol–water partition coefficient (Wildman–Crippen LogP) is 4.04. The van der Waals surface area contributed by atoms with Crippen LogP contribution in [0.15, 0.2) is 34.3 Å².